The molecule has 2 N–H and O–H groups in total. The van der Waals surface area contributed by atoms with Gasteiger partial charge in [-0.1, -0.05) is 27.7 Å². The first-order valence-electron chi connectivity index (χ1n) is 5.54. The van der Waals surface area contributed by atoms with Crippen molar-refractivity contribution in [2.45, 2.75) is 51.9 Å². The second-order valence-corrected chi connectivity index (χ2v) is 10.6. The Bertz CT molecular complexity index is 187. The normalized spacial score (nSPS) is 17.6. The summed E-state index contributed by atoms with van der Waals surface area (Å²) in [5, 5.41) is 18.7. The Kier molecular flexibility index (Phi) is 5.47. The molecule has 0 aromatic rings. The maximum atomic E-state index is 9.68. The molecule has 0 fully saturated rings. The van der Waals surface area contributed by atoms with Crippen molar-refractivity contribution >= 4 is 8.32 Å². The molecule has 4 heteroatoms. The summed E-state index contributed by atoms with van der Waals surface area (Å²) < 4.78 is 5.86. The smallest absolute Gasteiger partial charge is 0.192 e. The molecule has 0 heterocycles. The Morgan fingerprint density at radius 1 is 1.27 bits per heavy atom. The first kappa shape index (κ1) is 15.1. The van der Waals surface area contributed by atoms with Crippen LogP contribution in [0, 0.1) is 5.92 Å². The molecule has 0 aliphatic heterocycles. The Hall–Kier alpha value is 0.0969. The van der Waals surface area contributed by atoms with E-state index in [0.717, 1.165) is 0 Å². The van der Waals surface area contributed by atoms with Crippen molar-refractivity contribution in [3.05, 3.63) is 0 Å². The zero-order valence-corrected chi connectivity index (χ0v) is 11.9. The van der Waals surface area contributed by atoms with Crippen LogP contribution < -0.4 is 0 Å². The molecule has 15 heavy (non-hydrogen) atoms. The van der Waals surface area contributed by atoms with Crippen LogP contribution in [0.25, 0.3) is 0 Å². The molecule has 0 aromatic heterocycles. The first-order chi connectivity index (χ1) is 6.62. The Balaban J connectivity index is 4.16. The van der Waals surface area contributed by atoms with Gasteiger partial charge >= 0.3 is 0 Å². The second-order valence-electron chi connectivity index (χ2n) is 5.80. The van der Waals surface area contributed by atoms with Crippen LogP contribution in [-0.2, 0) is 4.43 Å². The van der Waals surface area contributed by atoms with Crippen LogP contribution >= 0.6 is 0 Å². The van der Waals surface area contributed by atoms with Crippen molar-refractivity contribution in [1.29, 1.82) is 0 Å². The van der Waals surface area contributed by atoms with Crippen LogP contribution in [-0.4, -0.2) is 37.8 Å². The fourth-order valence-corrected chi connectivity index (χ4v) is 1.82. The summed E-state index contributed by atoms with van der Waals surface area (Å²) in [6.07, 6.45) is -0.566. The van der Waals surface area contributed by atoms with E-state index in [1.165, 1.54) is 0 Å². The first-order valence-corrected chi connectivity index (χ1v) is 8.45. The summed E-state index contributed by atoms with van der Waals surface area (Å²) in [5.41, 5.74) is 0. The molecular weight excluding hydrogens is 208 g/mol. The van der Waals surface area contributed by atoms with Crippen molar-refractivity contribution in [3.8, 4) is 0 Å². The summed E-state index contributed by atoms with van der Waals surface area (Å²) in [7, 11) is -1.77. The van der Waals surface area contributed by atoms with Crippen molar-refractivity contribution in [2.75, 3.05) is 13.2 Å². The standard InChI is InChI=1S/C11H26O3Si/c1-9(7-12)10(13)8-14-15(5,6)11(2,3)4/h9-10,12-13H,7-8H2,1-6H3/t9-,10-/m0/s1. The van der Waals surface area contributed by atoms with Gasteiger partial charge in [-0.05, 0) is 18.1 Å². The van der Waals surface area contributed by atoms with Crippen molar-refractivity contribution in [1.82, 2.24) is 0 Å². The number of hydrogen-bond acceptors (Lipinski definition) is 3. The van der Waals surface area contributed by atoms with E-state index in [0.29, 0.717) is 6.61 Å². The quantitative estimate of drug-likeness (QED) is 0.715. The number of aliphatic hydroxyl groups is 2. The molecule has 0 radical (unpaired) electrons. The molecule has 0 spiro atoms. The fraction of sp³-hybridized carbons (Fsp3) is 1.00. The molecule has 0 aromatic carbocycles. The third kappa shape index (κ3) is 4.63. The Labute approximate surface area is 94.6 Å². The average molecular weight is 234 g/mol. The lowest BCUT2D eigenvalue weighted by atomic mass is 10.1. The van der Waals surface area contributed by atoms with Gasteiger partial charge in [-0.2, -0.15) is 0 Å². The van der Waals surface area contributed by atoms with Crippen LogP contribution in [0.4, 0.5) is 0 Å². The maximum Gasteiger partial charge on any atom is 0.192 e. The SMILES string of the molecule is C[C@@H](CO)[C@@H](O)CO[Si](C)(C)C(C)(C)C. The predicted molar refractivity (Wildman–Crippen MR) is 65.4 cm³/mol. The zero-order chi connectivity index (χ0) is 12.3. The molecule has 0 amide bonds. The fourth-order valence-electron chi connectivity index (χ4n) is 0.796. The van der Waals surface area contributed by atoms with Crippen LogP contribution in [0.2, 0.25) is 18.1 Å². The molecule has 92 valence electrons. The van der Waals surface area contributed by atoms with Gasteiger partial charge in [-0.15, -0.1) is 0 Å². The number of aliphatic hydroxyl groups excluding tert-OH is 2. The van der Waals surface area contributed by atoms with Crippen LogP contribution in [0.3, 0.4) is 0 Å². The summed E-state index contributed by atoms with van der Waals surface area (Å²) in [5.74, 6) is -0.116. The van der Waals surface area contributed by atoms with E-state index in [9.17, 15) is 5.11 Å². The lowest BCUT2D eigenvalue weighted by Gasteiger charge is -2.37. The predicted octanol–water partition coefficient (Wildman–Crippen LogP) is 2.00. The van der Waals surface area contributed by atoms with E-state index in [4.69, 9.17) is 9.53 Å². The van der Waals surface area contributed by atoms with Crippen LogP contribution in [0.5, 0.6) is 0 Å². The highest BCUT2D eigenvalue weighted by Crippen LogP contribution is 2.36. The molecule has 0 aliphatic rings. The topological polar surface area (TPSA) is 49.7 Å². The van der Waals surface area contributed by atoms with Gasteiger partial charge in [0.15, 0.2) is 8.32 Å². The molecular formula is C11H26O3Si. The highest BCUT2D eigenvalue weighted by atomic mass is 28.4. The monoisotopic (exact) mass is 234 g/mol. The second kappa shape index (κ2) is 5.43. The molecule has 2 atom stereocenters. The van der Waals surface area contributed by atoms with E-state index >= 15 is 0 Å². The van der Waals surface area contributed by atoms with Gasteiger partial charge in [0.05, 0.1) is 12.7 Å². The van der Waals surface area contributed by atoms with Crippen molar-refractivity contribution in [3.63, 3.8) is 0 Å². The maximum absolute atomic E-state index is 9.68. The van der Waals surface area contributed by atoms with Gasteiger partial charge in [0, 0.05) is 12.5 Å². The highest BCUT2D eigenvalue weighted by Gasteiger charge is 2.37. The number of hydrogen-bond donors (Lipinski definition) is 2. The minimum absolute atomic E-state index is 0.00201. The molecule has 0 bridgehead atoms. The summed E-state index contributed by atoms with van der Waals surface area (Å²) >= 11 is 0. The molecule has 0 aliphatic carbocycles. The van der Waals surface area contributed by atoms with E-state index in [1.807, 2.05) is 6.92 Å². The molecule has 0 saturated heterocycles. The van der Waals surface area contributed by atoms with Gasteiger partial charge in [0.25, 0.3) is 0 Å². The summed E-state index contributed by atoms with van der Waals surface area (Å²) in [6.45, 7) is 13.0. The third-order valence-electron chi connectivity index (χ3n) is 3.37. The largest absolute Gasteiger partial charge is 0.414 e. The average Bonchev–Trinajstić information content (AvgIpc) is 2.11. The van der Waals surface area contributed by atoms with Crippen molar-refractivity contribution in [2.24, 2.45) is 5.92 Å². The third-order valence-corrected chi connectivity index (χ3v) is 7.87. The van der Waals surface area contributed by atoms with E-state index < -0.39 is 14.4 Å². The van der Waals surface area contributed by atoms with Gasteiger partial charge < -0.3 is 14.6 Å². The van der Waals surface area contributed by atoms with E-state index in [-0.39, 0.29) is 17.6 Å². The molecule has 3 nitrogen and oxygen atoms in total. The Morgan fingerprint density at radius 2 is 1.73 bits per heavy atom. The molecule has 0 rings (SSSR count). The lowest BCUT2D eigenvalue weighted by molar-refractivity contribution is 0.0341. The lowest BCUT2D eigenvalue weighted by Crippen LogP contribution is -2.43. The highest BCUT2D eigenvalue weighted by molar-refractivity contribution is 6.74. The minimum Gasteiger partial charge on any atom is -0.414 e. The van der Waals surface area contributed by atoms with E-state index in [2.05, 4.69) is 33.9 Å². The van der Waals surface area contributed by atoms with Crippen molar-refractivity contribution < 1.29 is 14.6 Å². The summed E-state index contributed by atoms with van der Waals surface area (Å²) in [6, 6.07) is 0. The molecule has 0 unspecified atom stereocenters. The van der Waals surface area contributed by atoms with Gasteiger partial charge in [-0.25, -0.2) is 0 Å². The van der Waals surface area contributed by atoms with Gasteiger partial charge in [0.2, 0.25) is 0 Å². The minimum atomic E-state index is -1.77. The van der Waals surface area contributed by atoms with Crippen LogP contribution in [0.15, 0.2) is 0 Å². The summed E-state index contributed by atoms with van der Waals surface area (Å²) in [4.78, 5) is 0. The van der Waals surface area contributed by atoms with Gasteiger partial charge in [-0.3, -0.25) is 0 Å². The Morgan fingerprint density at radius 3 is 2.07 bits per heavy atom. The molecule has 0 saturated carbocycles. The van der Waals surface area contributed by atoms with Gasteiger partial charge in [0.1, 0.15) is 0 Å². The van der Waals surface area contributed by atoms with Crippen LogP contribution in [0.1, 0.15) is 27.7 Å². The van der Waals surface area contributed by atoms with E-state index in [1.54, 1.807) is 0 Å². The number of rotatable bonds is 5. The zero-order valence-electron chi connectivity index (χ0n) is 10.9.